The van der Waals surface area contributed by atoms with Gasteiger partial charge in [0.2, 0.25) is 0 Å². The van der Waals surface area contributed by atoms with E-state index in [0.717, 1.165) is 9.80 Å². The number of carbonyl (C=O) groups excluding carboxylic acids is 3. The fraction of sp³-hybridized carbons (Fsp3) is 0.0333. The molecule has 4 aromatic rings. The Hall–Kier alpha value is -4.46. The van der Waals surface area contributed by atoms with Crippen molar-refractivity contribution < 1.29 is 23.5 Å². The number of hydrogen-bond acceptors (Lipinski definition) is 4. The lowest BCUT2D eigenvalue weighted by molar-refractivity contribution is -0.121. The van der Waals surface area contributed by atoms with Crippen molar-refractivity contribution in [3.63, 3.8) is 0 Å². The molecular formula is C30H19Cl2FN2O4. The lowest BCUT2D eigenvalue weighted by atomic mass is 10.0. The number of carbonyl (C=O) groups is 3. The minimum atomic E-state index is -0.795. The van der Waals surface area contributed by atoms with E-state index in [1.54, 1.807) is 72.8 Å². The van der Waals surface area contributed by atoms with Gasteiger partial charge in [-0.1, -0.05) is 71.7 Å². The largest absolute Gasteiger partial charge is 0.486 e. The molecule has 4 amide bonds. The number of urea groups is 1. The molecule has 0 spiro atoms. The van der Waals surface area contributed by atoms with E-state index in [0.29, 0.717) is 22.5 Å². The van der Waals surface area contributed by atoms with Gasteiger partial charge in [-0.3, -0.25) is 9.59 Å². The smallest absolute Gasteiger partial charge is 0.343 e. The Kier molecular flexibility index (Phi) is 7.45. The highest BCUT2D eigenvalue weighted by Gasteiger charge is 2.43. The van der Waals surface area contributed by atoms with Crippen molar-refractivity contribution in [2.75, 3.05) is 9.80 Å². The van der Waals surface area contributed by atoms with Crippen molar-refractivity contribution in [2.24, 2.45) is 0 Å². The first-order valence-electron chi connectivity index (χ1n) is 11.7. The number of rotatable bonds is 6. The van der Waals surface area contributed by atoms with Crippen LogP contribution in [-0.4, -0.2) is 17.8 Å². The molecular weight excluding hydrogens is 542 g/mol. The van der Waals surface area contributed by atoms with Gasteiger partial charge in [-0.25, -0.2) is 19.0 Å². The van der Waals surface area contributed by atoms with E-state index >= 15 is 0 Å². The number of halogens is 3. The van der Waals surface area contributed by atoms with Gasteiger partial charge < -0.3 is 4.74 Å². The SMILES string of the molecule is O=C1C(=Cc2cc(Cl)c(OCc3cccc(F)c3)c(Cl)c2)C(=O)N(c2ccccc2)C(=O)N1c1ccccc1. The zero-order valence-electron chi connectivity index (χ0n) is 20.2. The summed E-state index contributed by atoms with van der Waals surface area (Å²) in [5, 5.41) is 0.245. The second-order valence-corrected chi connectivity index (χ2v) is 9.34. The van der Waals surface area contributed by atoms with Crippen molar-refractivity contribution in [3.05, 3.63) is 130 Å². The van der Waals surface area contributed by atoms with Gasteiger partial charge in [-0.05, 0) is 65.7 Å². The molecule has 4 aromatic carbocycles. The van der Waals surface area contributed by atoms with Gasteiger partial charge in [0, 0.05) is 0 Å². The third-order valence-corrected chi connectivity index (χ3v) is 6.44. The summed E-state index contributed by atoms with van der Waals surface area (Å²) < 4.78 is 19.2. The van der Waals surface area contributed by atoms with Gasteiger partial charge in [0.15, 0.2) is 5.75 Å². The van der Waals surface area contributed by atoms with Crippen LogP contribution in [0.3, 0.4) is 0 Å². The van der Waals surface area contributed by atoms with Crippen LogP contribution in [0.4, 0.5) is 20.6 Å². The molecule has 0 unspecified atom stereocenters. The Balaban J connectivity index is 1.52. The quantitative estimate of drug-likeness (QED) is 0.183. The molecule has 194 valence electrons. The number of hydrogen-bond donors (Lipinski definition) is 0. The number of amides is 4. The minimum Gasteiger partial charge on any atom is -0.486 e. The van der Waals surface area contributed by atoms with Crippen LogP contribution in [-0.2, 0) is 16.2 Å². The van der Waals surface area contributed by atoms with E-state index in [1.165, 1.54) is 30.3 Å². The second-order valence-electron chi connectivity index (χ2n) is 8.53. The first-order chi connectivity index (χ1) is 18.8. The Morgan fingerprint density at radius 3 is 1.77 bits per heavy atom. The summed E-state index contributed by atoms with van der Waals surface area (Å²) >= 11 is 12.9. The molecule has 0 aromatic heterocycles. The van der Waals surface area contributed by atoms with E-state index in [4.69, 9.17) is 27.9 Å². The van der Waals surface area contributed by atoms with Crippen molar-refractivity contribution in [1.82, 2.24) is 0 Å². The first kappa shape index (κ1) is 26.2. The molecule has 6 nitrogen and oxygen atoms in total. The number of barbiturate groups is 1. The van der Waals surface area contributed by atoms with Crippen LogP contribution in [0.1, 0.15) is 11.1 Å². The van der Waals surface area contributed by atoms with Crippen molar-refractivity contribution in [2.45, 2.75) is 6.61 Å². The minimum absolute atomic E-state index is 0.0226. The topological polar surface area (TPSA) is 66.9 Å². The molecule has 0 bridgehead atoms. The average Bonchev–Trinajstić information content (AvgIpc) is 2.92. The standard InChI is InChI=1S/C30H19Cl2FN2O4/c31-25-16-20(17-26(32)27(25)39-18-19-8-7-9-21(33)14-19)15-24-28(36)34(22-10-3-1-4-11-22)30(38)35(29(24)37)23-12-5-2-6-13-23/h1-17H,18H2. The molecule has 1 fully saturated rings. The lowest BCUT2D eigenvalue weighted by Gasteiger charge is -2.33. The normalized spacial score (nSPS) is 13.6. The molecule has 0 radical (unpaired) electrons. The monoisotopic (exact) mass is 560 g/mol. The third-order valence-electron chi connectivity index (χ3n) is 5.88. The highest BCUT2D eigenvalue weighted by Crippen LogP contribution is 2.36. The van der Waals surface area contributed by atoms with Crippen molar-refractivity contribution >= 4 is 58.5 Å². The number of imide groups is 2. The van der Waals surface area contributed by atoms with Crippen LogP contribution >= 0.6 is 23.2 Å². The van der Waals surface area contributed by atoms with Crippen LogP contribution in [0.25, 0.3) is 6.08 Å². The number of para-hydroxylation sites is 2. The number of nitrogens with zero attached hydrogens (tertiary/aromatic N) is 2. The van der Waals surface area contributed by atoms with Gasteiger partial charge in [0.05, 0.1) is 21.4 Å². The predicted molar refractivity (Wildman–Crippen MR) is 148 cm³/mol. The van der Waals surface area contributed by atoms with Gasteiger partial charge >= 0.3 is 6.03 Å². The summed E-state index contributed by atoms with van der Waals surface area (Å²) in [5.74, 6) is -1.81. The molecule has 0 aliphatic carbocycles. The van der Waals surface area contributed by atoms with E-state index in [9.17, 15) is 18.8 Å². The third kappa shape index (κ3) is 5.41. The maximum absolute atomic E-state index is 13.5. The summed E-state index contributed by atoms with van der Waals surface area (Å²) in [4.78, 5) is 42.3. The van der Waals surface area contributed by atoms with Crippen LogP contribution in [0.15, 0.2) is 103 Å². The summed E-state index contributed by atoms with van der Waals surface area (Å²) in [7, 11) is 0. The number of ether oxygens (including phenoxy) is 1. The van der Waals surface area contributed by atoms with E-state index in [-0.39, 0.29) is 28.0 Å². The fourth-order valence-electron chi connectivity index (χ4n) is 4.09. The van der Waals surface area contributed by atoms with Crippen LogP contribution in [0.5, 0.6) is 5.75 Å². The molecule has 0 atom stereocenters. The van der Waals surface area contributed by atoms with Crippen molar-refractivity contribution in [1.29, 1.82) is 0 Å². The molecule has 1 heterocycles. The maximum Gasteiger partial charge on any atom is 0.343 e. The lowest BCUT2D eigenvalue weighted by Crippen LogP contribution is -2.57. The molecule has 1 aliphatic rings. The summed E-state index contributed by atoms with van der Waals surface area (Å²) in [6.45, 7) is 0.0226. The van der Waals surface area contributed by atoms with E-state index in [2.05, 4.69) is 0 Å². The average molecular weight is 561 g/mol. The Bertz CT molecular complexity index is 1520. The summed E-state index contributed by atoms with van der Waals surface area (Å²) in [6, 6.07) is 24.7. The summed E-state index contributed by atoms with van der Waals surface area (Å²) in [6.07, 6.45) is 1.33. The van der Waals surface area contributed by atoms with Crippen molar-refractivity contribution in [3.8, 4) is 5.75 Å². The highest BCUT2D eigenvalue weighted by atomic mass is 35.5. The number of benzene rings is 4. The van der Waals surface area contributed by atoms with E-state index in [1.807, 2.05) is 0 Å². The highest BCUT2D eigenvalue weighted by molar-refractivity contribution is 6.46. The zero-order valence-corrected chi connectivity index (χ0v) is 21.7. The Labute approximate surface area is 233 Å². The zero-order chi connectivity index (χ0) is 27.5. The molecule has 1 aliphatic heterocycles. The fourth-order valence-corrected chi connectivity index (χ4v) is 4.70. The summed E-state index contributed by atoms with van der Waals surface area (Å²) in [5.41, 5.74) is 1.28. The maximum atomic E-state index is 13.5. The molecule has 9 heteroatoms. The first-order valence-corrected chi connectivity index (χ1v) is 12.5. The van der Waals surface area contributed by atoms with Crippen LogP contribution in [0.2, 0.25) is 10.0 Å². The van der Waals surface area contributed by atoms with Crippen LogP contribution < -0.4 is 14.5 Å². The Morgan fingerprint density at radius 1 is 0.718 bits per heavy atom. The van der Waals surface area contributed by atoms with Gasteiger partial charge in [-0.2, -0.15) is 0 Å². The molecule has 0 saturated carbocycles. The van der Waals surface area contributed by atoms with Gasteiger partial charge in [-0.15, -0.1) is 0 Å². The molecule has 39 heavy (non-hydrogen) atoms. The van der Waals surface area contributed by atoms with E-state index < -0.39 is 23.7 Å². The van der Waals surface area contributed by atoms with Gasteiger partial charge in [0.1, 0.15) is 18.0 Å². The Morgan fingerprint density at radius 2 is 1.26 bits per heavy atom. The molecule has 5 rings (SSSR count). The van der Waals surface area contributed by atoms with Gasteiger partial charge in [0.25, 0.3) is 11.8 Å². The predicted octanol–water partition coefficient (Wildman–Crippen LogP) is 7.29. The molecule has 0 N–H and O–H groups in total. The number of anilines is 2. The van der Waals surface area contributed by atoms with Crippen LogP contribution in [0, 0.1) is 5.82 Å². The molecule has 1 saturated heterocycles. The second kappa shape index (κ2) is 11.1.